The smallest absolute Gasteiger partial charge is 0.152 e. The van der Waals surface area contributed by atoms with Crippen LogP contribution in [0.5, 0.6) is 0 Å². The van der Waals surface area contributed by atoms with Crippen LogP contribution in [0.25, 0.3) is 0 Å². The monoisotopic (exact) mass is 167 g/mol. The molecule has 0 aromatic rings. The molecule has 1 saturated heterocycles. The van der Waals surface area contributed by atoms with Gasteiger partial charge in [-0.05, 0) is 19.9 Å². The highest BCUT2D eigenvalue weighted by Gasteiger charge is 2.36. The van der Waals surface area contributed by atoms with Gasteiger partial charge in [-0.2, -0.15) is 0 Å². The normalized spacial score (nSPS) is 27.5. The summed E-state index contributed by atoms with van der Waals surface area (Å²) in [5.41, 5.74) is 0. The Morgan fingerprint density at radius 1 is 1.50 bits per heavy atom. The molecule has 1 aliphatic heterocycles. The van der Waals surface area contributed by atoms with Crippen LogP contribution in [0.3, 0.4) is 0 Å². The molecular weight excluding hydrogens is 154 g/mol. The molecule has 0 radical (unpaired) electrons. The van der Waals surface area contributed by atoms with Gasteiger partial charge in [-0.15, -0.1) is 0 Å². The van der Waals surface area contributed by atoms with Crippen LogP contribution in [0.4, 0.5) is 0 Å². The Bertz CT molecular complexity index is 233. The molecule has 66 valence electrons. The van der Waals surface area contributed by atoms with Crippen LogP contribution in [0.2, 0.25) is 0 Å². The number of hydrogen-bond acceptors (Lipinski definition) is 3. The fourth-order valence-corrected chi connectivity index (χ4v) is 1.12. The third-order valence-electron chi connectivity index (χ3n) is 1.88. The zero-order valence-corrected chi connectivity index (χ0v) is 7.41. The summed E-state index contributed by atoms with van der Waals surface area (Å²) in [5, 5.41) is 0. The van der Waals surface area contributed by atoms with Gasteiger partial charge < -0.3 is 0 Å². The summed E-state index contributed by atoms with van der Waals surface area (Å²) >= 11 is 0. The van der Waals surface area contributed by atoms with Crippen molar-refractivity contribution in [3.05, 3.63) is 12.2 Å². The topological polar surface area (TPSA) is 37.1 Å². The third kappa shape index (κ3) is 2.58. The van der Waals surface area contributed by atoms with Gasteiger partial charge in [-0.25, -0.2) is 0 Å². The van der Waals surface area contributed by atoms with E-state index in [2.05, 4.69) is 0 Å². The van der Waals surface area contributed by atoms with Crippen molar-refractivity contribution in [1.82, 2.24) is 4.90 Å². The number of Topliss-reactive ketones (excluding diaryl/α,β-unsaturated/α-hetero) is 1. The predicted molar refractivity (Wildman–Crippen MR) is 45.9 cm³/mol. The van der Waals surface area contributed by atoms with Gasteiger partial charge in [-0.3, -0.25) is 14.5 Å². The fraction of sp³-hybridized carbons (Fsp3) is 0.556. The van der Waals surface area contributed by atoms with E-state index in [-0.39, 0.29) is 17.6 Å². The SMILES string of the molecule is CC(=O)/C=C/CN1CC1C(C)=O. The zero-order valence-electron chi connectivity index (χ0n) is 7.41. The molecule has 0 saturated carbocycles. The minimum Gasteiger partial charge on any atom is -0.298 e. The van der Waals surface area contributed by atoms with E-state index in [9.17, 15) is 9.59 Å². The summed E-state index contributed by atoms with van der Waals surface area (Å²) in [6.07, 6.45) is 3.33. The Kier molecular flexibility index (Phi) is 2.76. The molecule has 0 amide bonds. The molecule has 0 spiro atoms. The van der Waals surface area contributed by atoms with Gasteiger partial charge in [0.05, 0.1) is 6.04 Å². The Balaban J connectivity index is 2.20. The number of allylic oxidation sites excluding steroid dienone is 1. The van der Waals surface area contributed by atoms with Gasteiger partial charge in [0.1, 0.15) is 5.78 Å². The molecule has 0 aromatic heterocycles. The molecule has 0 bridgehead atoms. The molecule has 2 unspecified atom stereocenters. The van der Waals surface area contributed by atoms with E-state index in [1.54, 1.807) is 13.0 Å². The molecule has 3 heteroatoms. The van der Waals surface area contributed by atoms with E-state index in [1.165, 1.54) is 13.0 Å². The average Bonchev–Trinajstić information content (AvgIpc) is 2.66. The lowest BCUT2D eigenvalue weighted by Crippen LogP contribution is -2.09. The fourth-order valence-electron chi connectivity index (χ4n) is 1.12. The van der Waals surface area contributed by atoms with Crippen LogP contribution in [-0.2, 0) is 9.59 Å². The summed E-state index contributed by atoms with van der Waals surface area (Å²) in [6.45, 7) is 4.67. The number of ketones is 2. The molecule has 1 aliphatic rings. The van der Waals surface area contributed by atoms with Gasteiger partial charge in [0.2, 0.25) is 0 Å². The minimum absolute atomic E-state index is 0.0521. The Labute approximate surface area is 72.0 Å². The van der Waals surface area contributed by atoms with E-state index in [0.717, 1.165) is 6.54 Å². The molecule has 0 aliphatic carbocycles. The van der Waals surface area contributed by atoms with Crippen molar-refractivity contribution in [1.29, 1.82) is 0 Å². The average molecular weight is 167 g/mol. The zero-order chi connectivity index (χ0) is 9.14. The Hall–Kier alpha value is -0.960. The van der Waals surface area contributed by atoms with Crippen molar-refractivity contribution in [2.75, 3.05) is 13.1 Å². The van der Waals surface area contributed by atoms with Crippen molar-refractivity contribution >= 4 is 11.6 Å². The highest BCUT2D eigenvalue weighted by Crippen LogP contribution is 2.16. The van der Waals surface area contributed by atoms with Crippen LogP contribution in [-0.4, -0.2) is 35.6 Å². The maximum Gasteiger partial charge on any atom is 0.152 e. The lowest BCUT2D eigenvalue weighted by molar-refractivity contribution is -0.117. The molecule has 1 fully saturated rings. The highest BCUT2D eigenvalue weighted by molar-refractivity contribution is 5.87. The quantitative estimate of drug-likeness (QED) is 0.449. The van der Waals surface area contributed by atoms with E-state index < -0.39 is 0 Å². The third-order valence-corrected chi connectivity index (χ3v) is 1.88. The standard InChI is InChI=1S/C9H13NO2/c1-7(11)4-3-5-10-6-9(10)8(2)12/h3-4,9H,5-6H2,1-2H3/b4-3+. The summed E-state index contributed by atoms with van der Waals surface area (Å²) in [4.78, 5) is 23.3. The number of nitrogens with zero attached hydrogens (tertiary/aromatic N) is 1. The largest absolute Gasteiger partial charge is 0.298 e. The predicted octanol–water partition coefficient (Wildman–Crippen LogP) is 0.405. The molecular formula is C9H13NO2. The van der Waals surface area contributed by atoms with Crippen molar-refractivity contribution in [3.8, 4) is 0 Å². The van der Waals surface area contributed by atoms with Crippen molar-refractivity contribution in [2.24, 2.45) is 0 Å². The first-order valence-electron chi connectivity index (χ1n) is 4.03. The molecule has 0 N–H and O–H groups in total. The molecule has 2 atom stereocenters. The van der Waals surface area contributed by atoms with Crippen molar-refractivity contribution < 1.29 is 9.59 Å². The van der Waals surface area contributed by atoms with Crippen molar-refractivity contribution in [3.63, 3.8) is 0 Å². The van der Waals surface area contributed by atoms with Crippen molar-refractivity contribution in [2.45, 2.75) is 19.9 Å². The number of carbonyl (C=O) groups is 2. The van der Waals surface area contributed by atoms with Crippen LogP contribution in [0.15, 0.2) is 12.2 Å². The second-order valence-electron chi connectivity index (χ2n) is 3.09. The molecule has 3 nitrogen and oxygen atoms in total. The maximum atomic E-state index is 10.8. The van der Waals surface area contributed by atoms with E-state index in [1.807, 2.05) is 4.90 Å². The Morgan fingerprint density at radius 3 is 2.58 bits per heavy atom. The van der Waals surface area contributed by atoms with E-state index in [0.29, 0.717) is 6.54 Å². The highest BCUT2D eigenvalue weighted by atomic mass is 16.1. The summed E-state index contributed by atoms with van der Waals surface area (Å²) in [6, 6.07) is 0.113. The molecule has 1 rings (SSSR count). The maximum absolute atomic E-state index is 10.8. The number of rotatable bonds is 4. The first kappa shape index (κ1) is 9.13. The van der Waals surface area contributed by atoms with Crippen LogP contribution in [0, 0.1) is 0 Å². The Morgan fingerprint density at radius 2 is 2.17 bits per heavy atom. The molecule has 0 aromatic carbocycles. The lowest BCUT2D eigenvalue weighted by Gasteiger charge is -1.93. The van der Waals surface area contributed by atoms with Gasteiger partial charge >= 0.3 is 0 Å². The first-order chi connectivity index (χ1) is 5.61. The van der Waals surface area contributed by atoms with Gasteiger partial charge in [-0.1, -0.05) is 6.08 Å². The molecule has 12 heavy (non-hydrogen) atoms. The van der Waals surface area contributed by atoms with Crippen LogP contribution < -0.4 is 0 Å². The molecule has 1 heterocycles. The number of carbonyl (C=O) groups excluding carboxylic acids is 2. The van der Waals surface area contributed by atoms with E-state index in [4.69, 9.17) is 0 Å². The summed E-state index contributed by atoms with van der Waals surface area (Å²) in [5.74, 6) is 0.266. The lowest BCUT2D eigenvalue weighted by atomic mass is 10.3. The van der Waals surface area contributed by atoms with Crippen LogP contribution >= 0.6 is 0 Å². The minimum atomic E-state index is 0.0521. The second-order valence-corrected chi connectivity index (χ2v) is 3.09. The second kappa shape index (κ2) is 3.63. The first-order valence-corrected chi connectivity index (χ1v) is 4.03. The van der Waals surface area contributed by atoms with Crippen LogP contribution in [0.1, 0.15) is 13.8 Å². The number of hydrogen-bond donors (Lipinski definition) is 0. The van der Waals surface area contributed by atoms with Gasteiger partial charge in [0.25, 0.3) is 0 Å². The van der Waals surface area contributed by atoms with E-state index >= 15 is 0 Å². The summed E-state index contributed by atoms with van der Waals surface area (Å²) in [7, 11) is 0. The summed E-state index contributed by atoms with van der Waals surface area (Å²) < 4.78 is 0. The van der Waals surface area contributed by atoms with Gasteiger partial charge in [0.15, 0.2) is 5.78 Å². The van der Waals surface area contributed by atoms with Gasteiger partial charge in [0, 0.05) is 13.1 Å².